The van der Waals surface area contributed by atoms with E-state index in [1.54, 1.807) is 12.4 Å². The Morgan fingerprint density at radius 1 is 1.43 bits per heavy atom. The van der Waals surface area contributed by atoms with E-state index in [2.05, 4.69) is 28.0 Å². The van der Waals surface area contributed by atoms with Gasteiger partial charge in [-0.15, -0.1) is 0 Å². The largest absolute Gasteiger partial charge is 0.352 e. The van der Waals surface area contributed by atoms with Gasteiger partial charge in [-0.1, -0.05) is 6.92 Å². The average Bonchev–Trinajstić information content (AvgIpc) is 3.15. The minimum Gasteiger partial charge on any atom is -0.352 e. The topological polar surface area (TPSA) is 88.1 Å². The molecule has 7 nitrogen and oxygen atoms in total. The lowest BCUT2D eigenvalue weighted by atomic mass is 10.2. The van der Waals surface area contributed by atoms with Crippen molar-refractivity contribution in [3.05, 3.63) is 12.4 Å². The Kier molecular flexibility index (Phi) is 5.32. The molecule has 1 aliphatic carbocycles. The molecule has 1 saturated carbocycles. The summed E-state index contributed by atoms with van der Waals surface area (Å²) in [7, 11) is 0. The third kappa shape index (κ3) is 5.55. The number of nitrogens with zero attached hydrogens (tertiary/aromatic N) is 2. The maximum Gasteiger partial charge on any atom is 0.241 e. The quantitative estimate of drug-likeness (QED) is 0.651. The van der Waals surface area contributed by atoms with E-state index in [-0.39, 0.29) is 24.9 Å². The molecule has 0 bridgehead atoms. The third-order valence-electron chi connectivity index (χ3n) is 3.39. The number of amides is 2. The zero-order valence-corrected chi connectivity index (χ0v) is 12.6. The van der Waals surface area contributed by atoms with Gasteiger partial charge in [0.15, 0.2) is 0 Å². The molecule has 2 amide bonds. The highest BCUT2D eigenvalue weighted by atomic mass is 16.2. The molecule has 3 N–H and O–H groups in total. The summed E-state index contributed by atoms with van der Waals surface area (Å²) in [5.41, 5.74) is 0.602. The number of nitrogens with one attached hydrogen (secondary N) is 3. The normalized spacial score (nSPS) is 15.5. The summed E-state index contributed by atoms with van der Waals surface area (Å²) in [5.74, 6) is -0.158. The van der Waals surface area contributed by atoms with Crippen molar-refractivity contribution in [1.29, 1.82) is 0 Å². The van der Waals surface area contributed by atoms with Gasteiger partial charge < -0.3 is 16.0 Å². The third-order valence-corrected chi connectivity index (χ3v) is 3.39. The van der Waals surface area contributed by atoms with Crippen LogP contribution in [0.4, 0.5) is 5.69 Å². The van der Waals surface area contributed by atoms with Gasteiger partial charge >= 0.3 is 0 Å². The smallest absolute Gasteiger partial charge is 0.241 e. The first-order valence-corrected chi connectivity index (χ1v) is 7.42. The Bertz CT molecular complexity index is 495. The predicted octanol–water partition coefficient (Wildman–Crippen LogP) is 0.488. The molecule has 1 aliphatic rings. The van der Waals surface area contributed by atoms with Crippen LogP contribution in [0.25, 0.3) is 0 Å². The molecule has 0 aliphatic heterocycles. The fraction of sp³-hybridized carbons (Fsp3) is 0.643. The van der Waals surface area contributed by atoms with Crippen LogP contribution in [0.15, 0.2) is 12.4 Å². The van der Waals surface area contributed by atoms with E-state index >= 15 is 0 Å². The van der Waals surface area contributed by atoms with Gasteiger partial charge in [0.2, 0.25) is 11.8 Å². The number of anilines is 1. The van der Waals surface area contributed by atoms with Crippen LogP contribution in [-0.4, -0.2) is 40.2 Å². The number of carbonyl (C=O) groups is 2. The molecular formula is C14H23N5O2. The first-order chi connectivity index (χ1) is 10.1. The Morgan fingerprint density at radius 2 is 2.19 bits per heavy atom. The summed E-state index contributed by atoms with van der Waals surface area (Å²) in [4.78, 5) is 23.4. The van der Waals surface area contributed by atoms with Crippen molar-refractivity contribution in [3.63, 3.8) is 0 Å². The Labute approximate surface area is 124 Å². The van der Waals surface area contributed by atoms with Crippen molar-refractivity contribution < 1.29 is 9.59 Å². The number of carbonyl (C=O) groups excluding carboxylic acids is 2. The molecule has 21 heavy (non-hydrogen) atoms. The number of aromatic nitrogens is 2. The summed E-state index contributed by atoms with van der Waals surface area (Å²) in [6, 6.07) is 0.656. The van der Waals surface area contributed by atoms with Gasteiger partial charge in [0.25, 0.3) is 0 Å². The second kappa shape index (κ2) is 7.21. The van der Waals surface area contributed by atoms with E-state index in [4.69, 9.17) is 0 Å². The fourth-order valence-electron chi connectivity index (χ4n) is 1.78. The molecule has 2 rings (SSSR count). The molecule has 0 aromatic carbocycles. The molecule has 1 aromatic heterocycles. The van der Waals surface area contributed by atoms with Gasteiger partial charge in [-0.2, -0.15) is 5.10 Å². The van der Waals surface area contributed by atoms with Crippen molar-refractivity contribution in [2.75, 3.05) is 11.9 Å². The van der Waals surface area contributed by atoms with Crippen molar-refractivity contribution in [2.24, 2.45) is 0 Å². The van der Waals surface area contributed by atoms with E-state index in [9.17, 15) is 9.59 Å². The maximum atomic E-state index is 11.7. The Hall–Kier alpha value is -1.89. The highest BCUT2D eigenvalue weighted by Crippen LogP contribution is 2.18. The summed E-state index contributed by atoms with van der Waals surface area (Å²) in [6.45, 7) is 4.54. The van der Waals surface area contributed by atoms with Crippen LogP contribution in [-0.2, 0) is 16.1 Å². The van der Waals surface area contributed by atoms with Crippen LogP contribution in [0.2, 0.25) is 0 Å². The molecular weight excluding hydrogens is 270 g/mol. The van der Waals surface area contributed by atoms with Gasteiger partial charge in [0.05, 0.1) is 18.4 Å². The zero-order valence-electron chi connectivity index (χ0n) is 12.6. The molecule has 1 atom stereocenters. The second-order valence-corrected chi connectivity index (χ2v) is 5.51. The first kappa shape index (κ1) is 15.5. The standard InChI is InChI=1S/C14H23N5O2/c1-3-10(2)15-7-13(20)18-12-6-16-19(8-12)9-14(21)17-11-4-5-11/h6,8,10-11,15H,3-5,7,9H2,1-2H3,(H,17,21)(H,18,20). The lowest BCUT2D eigenvalue weighted by molar-refractivity contribution is -0.122. The molecule has 1 heterocycles. The van der Waals surface area contributed by atoms with Crippen LogP contribution in [0, 0.1) is 0 Å². The van der Waals surface area contributed by atoms with Crippen LogP contribution in [0.5, 0.6) is 0 Å². The van der Waals surface area contributed by atoms with Crippen LogP contribution < -0.4 is 16.0 Å². The lowest BCUT2D eigenvalue weighted by Gasteiger charge is -2.10. The van der Waals surface area contributed by atoms with E-state index in [0.717, 1.165) is 19.3 Å². The lowest BCUT2D eigenvalue weighted by Crippen LogP contribution is -2.33. The van der Waals surface area contributed by atoms with Crippen LogP contribution in [0.1, 0.15) is 33.1 Å². The predicted molar refractivity (Wildman–Crippen MR) is 79.8 cm³/mol. The van der Waals surface area contributed by atoms with Crippen LogP contribution in [0.3, 0.4) is 0 Å². The Morgan fingerprint density at radius 3 is 2.86 bits per heavy atom. The molecule has 1 unspecified atom stereocenters. The maximum absolute atomic E-state index is 11.7. The molecule has 0 spiro atoms. The highest BCUT2D eigenvalue weighted by molar-refractivity contribution is 5.92. The van der Waals surface area contributed by atoms with Crippen molar-refractivity contribution in [3.8, 4) is 0 Å². The van der Waals surface area contributed by atoms with Gasteiger partial charge in [-0.05, 0) is 26.2 Å². The van der Waals surface area contributed by atoms with E-state index in [1.807, 2.05) is 6.92 Å². The van der Waals surface area contributed by atoms with Crippen molar-refractivity contribution in [2.45, 2.75) is 51.7 Å². The SMILES string of the molecule is CCC(C)NCC(=O)Nc1cnn(CC(=O)NC2CC2)c1. The molecule has 116 valence electrons. The van der Waals surface area contributed by atoms with E-state index < -0.39 is 0 Å². The molecule has 1 fully saturated rings. The Balaban J connectivity index is 1.73. The summed E-state index contributed by atoms with van der Waals surface area (Å²) < 4.78 is 1.52. The molecule has 1 aromatic rings. The van der Waals surface area contributed by atoms with Crippen molar-refractivity contribution >= 4 is 17.5 Å². The summed E-state index contributed by atoms with van der Waals surface area (Å²) in [5, 5.41) is 12.8. The van der Waals surface area contributed by atoms with Gasteiger partial charge in [0.1, 0.15) is 6.54 Å². The monoisotopic (exact) mass is 293 g/mol. The molecule has 0 saturated heterocycles. The average molecular weight is 293 g/mol. The highest BCUT2D eigenvalue weighted by Gasteiger charge is 2.23. The van der Waals surface area contributed by atoms with E-state index in [0.29, 0.717) is 17.8 Å². The van der Waals surface area contributed by atoms with Gasteiger partial charge in [-0.25, -0.2) is 0 Å². The van der Waals surface area contributed by atoms with Gasteiger partial charge in [-0.3, -0.25) is 14.3 Å². The zero-order chi connectivity index (χ0) is 15.2. The fourth-order valence-corrected chi connectivity index (χ4v) is 1.78. The van der Waals surface area contributed by atoms with Crippen LogP contribution >= 0.6 is 0 Å². The number of hydrogen-bond donors (Lipinski definition) is 3. The minimum absolute atomic E-state index is 0.0445. The van der Waals surface area contributed by atoms with Gasteiger partial charge in [0, 0.05) is 18.3 Å². The van der Waals surface area contributed by atoms with E-state index in [1.165, 1.54) is 4.68 Å². The number of rotatable bonds is 8. The first-order valence-electron chi connectivity index (χ1n) is 7.42. The summed E-state index contributed by atoms with van der Waals surface area (Å²) in [6.07, 6.45) is 6.31. The number of hydrogen-bond acceptors (Lipinski definition) is 4. The molecule has 7 heteroatoms. The second-order valence-electron chi connectivity index (χ2n) is 5.51. The summed E-state index contributed by atoms with van der Waals surface area (Å²) >= 11 is 0. The minimum atomic E-state index is -0.114. The van der Waals surface area contributed by atoms with Crippen molar-refractivity contribution in [1.82, 2.24) is 20.4 Å². The molecule has 0 radical (unpaired) electrons.